The number of hydrogen-bond acceptors (Lipinski definition) is 5. The van der Waals surface area contributed by atoms with Crippen molar-refractivity contribution in [3.05, 3.63) is 59.7 Å². The molecule has 3 rings (SSSR count). The zero-order valence-electron chi connectivity index (χ0n) is 11.6. The number of amides is 1. The molecule has 1 amide bonds. The van der Waals surface area contributed by atoms with Crippen LogP contribution in [0.2, 0.25) is 0 Å². The molecule has 0 saturated carbocycles. The van der Waals surface area contributed by atoms with Gasteiger partial charge in [-0.15, -0.1) is 0 Å². The summed E-state index contributed by atoms with van der Waals surface area (Å²) in [6.45, 7) is 0.204. The number of rotatable bonds is 4. The van der Waals surface area contributed by atoms with Crippen LogP contribution < -0.4 is 14.9 Å². The van der Waals surface area contributed by atoms with Gasteiger partial charge < -0.3 is 14.6 Å². The third kappa shape index (κ3) is 3.07. The van der Waals surface area contributed by atoms with Crippen LogP contribution in [0.3, 0.4) is 0 Å². The predicted octanol–water partition coefficient (Wildman–Crippen LogP) is 1.60. The molecule has 6 nitrogen and oxygen atoms in total. The topological polar surface area (TPSA) is 80.2 Å². The Labute approximate surface area is 127 Å². The molecule has 6 heteroatoms. The van der Waals surface area contributed by atoms with E-state index < -0.39 is 12.0 Å². The lowest BCUT2D eigenvalue weighted by molar-refractivity contribution is -0.129. The Hall–Kier alpha value is -2.86. The van der Waals surface area contributed by atoms with Crippen molar-refractivity contribution in [2.45, 2.75) is 6.10 Å². The van der Waals surface area contributed by atoms with E-state index in [2.05, 4.69) is 10.5 Å². The lowest BCUT2D eigenvalue weighted by Gasteiger charge is -2.08. The number of carbonyl (C=O) groups excluding carboxylic acids is 1. The number of benzene rings is 2. The normalized spacial score (nSPS) is 14.0. The van der Waals surface area contributed by atoms with Gasteiger partial charge >= 0.3 is 0 Å². The van der Waals surface area contributed by atoms with Gasteiger partial charge in [0.15, 0.2) is 17.6 Å². The first kappa shape index (κ1) is 14.1. The quantitative estimate of drug-likeness (QED) is 0.663. The van der Waals surface area contributed by atoms with Gasteiger partial charge in [0.25, 0.3) is 5.91 Å². The van der Waals surface area contributed by atoms with Gasteiger partial charge in [-0.25, -0.2) is 5.43 Å². The van der Waals surface area contributed by atoms with Crippen molar-refractivity contribution in [3.63, 3.8) is 0 Å². The molecular weight excluding hydrogens is 284 g/mol. The third-order valence-electron chi connectivity index (χ3n) is 3.15. The van der Waals surface area contributed by atoms with Crippen molar-refractivity contribution in [1.29, 1.82) is 0 Å². The Morgan fingerprint density at radius 3 is 2.77 bits per heavy atom. The van der Waals surface area contributed by atoms with Gasteiger partial charge in [-0.05, 0) is 29.3 Å². The van der Waals surface area contributed by atoms with Crippen LogP contribution in [0.25, 0.3) is 0 Å². The Morgan fingerprint density at radius 1 is 1.18 bits per heavy atom. The summed E-state index contributed by atoms with van der Waals surface area (Å²) in [4.78, 5) is 11.8. The molecule has 112 valence electrons. The summed E-state index contributed by atoms with van der Waals surface area (Å²) in [6.07, 6.45) is 0.215. The Balaban J connectivity index is 1.61. The molecule has 22 heavy (non-hydrogen) atoms. The van der Waals surface area contributed by atoms with Gasteiger partial charge in [0.05, 0.1) is 6.21 Å². The highest BCUT2D eigenvalue weighted by molar-refractivity contribution is 5.85. The fraction of sp³-hybridized carbons (Fsp3) is 0.125. The van der Waals surface area contributed by atoms with E-state index in [9.17, 15) is 9.90 Å². The summed E-state index contributed by atoms with van der Waals surface area (Å²) < 4.78 is 10.5. The number of ether oxygens (including phenoxy) is 2. The minimum Gasteiger partial charge on any atom is -0.454 e. The number of nitrogens with zero attached hydrogens (tertiary/aromatic N) is 1. The fourth-order valence-electron chi connectivity index (χ4n) is 2.01. The van der Waals surface area contributed by atoms with E-state index in [1.54, 1.807) is 42.5 Å². The third-order valence-corrected chi connectivity index (χ3v) is 3.15. The van der Waals surface area contributed by atoms with Crippen LogP contribution in [-0.4, -0.2) is 24.0 Å². The lowest BCUT2D eigenvalue weighted by atomic mass is 10.1. The van der Waals surface area contributed by atoms with Gasteiger partial charge in [-0.2, -0.15) is 5.10 Å². The second-order valence-corrected chi connectivity index (χ2v) is 4.66. The average molecular weight is 298 g/mol. The van der Waals surface area contributed by atoms with Crippen molar-refractivity contribution in [2.24, 2.45) is 5.10 Å². The van der Waals surface area contributed by atoms with Gasteiger partial charge in [-0.1, -0.05) is 30.3 Å². The predicted molar refractivity (Wildman–Crippen MR) is 79.7 cm³/mol. The highest BCUT2D eigenvalue weighted by atomic mass is 16.7. The van der Waals surface area contributed by atoms with Crippen molar-refractivity contribution in [1.82, 2.24) is 5.43 Å². The van der Waals surface area contributed by atoms with Crippen molar-refractivity contribution in [2.75, 3.05) is 6.79 Å². The maximum absolute atomic E-state index is 11.8. The molecule has 1 heterocycles. The van der Waals surface area contributed by atoms with Crippen LogP contribution in [-0.2, 0) is 4.79 Å². The molecule has 0 radical (unpaired) electrons. The van der Waals surface area contributed by atoms with E-state index in [1.165, 1.54) is 6.21 Å². The molecule has 0 aromatic heterocycles. The first-order valence-corrected chi connectivity index (χ1v) is 6.69. The maximum atomic E-state index is 11.8. The van der Waals surface area contributed by atoms with Crippen molar-refractivity contribution in [3.8, 4) is 11.5 Å². The van der Waals surface area contributed by atoms with Crippen LogP contribution >= 0.6 is 0 Å². The monoisotopic (exact) mass is 298 g/mol. The zero-order valence-corrected chi connectivity index (χ0v) is 11.6. The van der Waals surface area contributed by atoms with E-state index in [1.807, 2.05) is 6.07 Å². The summed E-state index contributed by atoms with van der Waals surface area (Å²) in [5, 5.41) is 13.7. The number of hydrogen-bond donors (Lipinski definition) is 2. The molecule has 0 saturated heterocycles. The number of carbonyl (C=O) groups is 1. The molecule has 1 unspecified atom stereocenters. The SMILES string of the molecule is O=C(NN=Cc1ccc2c(c1)OCO2)C(O)c1ccccc1. The van der Waals surface area contributed by atoms with E-state index in [0.717, 1.165) is 5.56 Å². The molecular formula is C16H14N2O4. The van der Waals surface area contributed by atoms with E-state index in [-0.39, 0.29) is 6.79 Å². The summed E-state index contributed by atoms with van der Waals surface area (Å²) in [6, 6.07) is 14.0. The van der Waals surface area contributed by atoms with Crippen molar-refractivity contribution >= 4 is 12.1 Å². The van der Waals surface area contributed by atoms with Gasteiger partial charge in [0.2, 0.25) is 6.79 Å². The molecule has 0 bridgehead atoms. The average Bonchev–Trinajstić information content (AvgIpc) is 3.02. The van der Waals surface area contributed by atoms with Crippen molar-refractivity contribution < 1.29 is 19.4 Å². The van der Waals surface area contributed by atoms with E-state index >= 15 is 0 Å². The standard InChI is InChI=1S/C16H14N2O4/c19-15(12-4-2-1-3-5-12)16(20)18-17-9-11-6-7-13-14(8-11)22-10-21-13/h1-9,15,19H,10H2,(H,18,20). The smallest absolute Gasteiger partial charge is 0.273 e. The zero-order chi connectivity index (χ0) is 15.4. The molecule has 0 fully saturated rings. The molecule has 0 aliphatic carbocycles. The Morgan fingerprint density at radius 2 is 1.95 bits per heavy atom. The van der Waals surface area contributed by atoms with E-state index in [4.69, 9.17) is 9.47 Å². The van der Waals surface area contributed by atoms with Gasteiger partial charge in [0.1, 0.15) is 0 Å². The first-order valence-electron chi connectivity index (χ1n) is 6.69. The number of aliphatic hydroxyl groups is 1. The Kier molecular flexibility index (Phi) is 4.02. The summed E-state index contributed by atoms with van der Waals surface area (Å²) in [7, 11) is 0. The fourth-order valence-corrected chi connectivity index (χ4v) is 2.01. The summed E-state index contributed by atoms with van der Waals surface area (Å²) in [5.41, 5.74) is 3.57. The minimum atomic E-state index is -1.25. The molecule has 2 aromatic rings. The van der Waals surface area contributed by atoms with Crippen LogP contribution in [0.1, 0.15) is 17.2 Å². The van der Waals surface area contributed by atoms with Crippen LogP contribution in [0.4, 0.5) is 0 Å². The van der Waals surface area contributed by atoms with Gasteiger partial charge in [0, 0.05) is 0 Å². The summed E-state index contributed by atoms with van der Waals surface area (Å²) >= 11 is 0. The minimum absolute atomic E-state index is 0.204. The number of fused-ring (bicyclic) bond motifs is 1. The first-order chi connectivity index (χ1) is 10.7. The molecule has 2 N–H and O–H groups in total. The molecule has 0 spiro atoms. The number of hydrazone groups is 1. The number of nitrogens with one attached hydrogen (secondary N) is 1. The maximum Gasteiger partial charge on any atom is 0.273 e. The summed E-state index contributed by atoms with van der Waals surface area (Å²) in [5.74, 6) is 0.725. The van der Waals surface area contributed by atoms with Crippen LogP contribution in [0, 0.1) is 0 Å². The lowest BCUT2D eigenvalue weighted by Crippen LogP contribution is -2.25. The highest BCUT2D eigenvalue weighted by Crippen LogP contribution is 2.31. The molecule has 2 aromatic carbocycles. The molecule has 1 atom stereocenters. The van der Waals surface area contributed by atoms with Crippen LogP contribution in [0.5, 0.6) is 11.5 Å². The van der Waals surface area contributed by atoms with E-state index in [0.29, 0.717) is 17.1 Å². The molecule has 1 aliphatic rings. The van der Waals surface area contributed by atoms with Crippen LogP contribution in [0.15, 0.2) is 53.6 Å². The second kappa shape index (κ2) is 6.28. The van der Waals surface area contributed by atoms with Gasteiger partial charge in [-0.3, -0.25) is 4.79 Å². The Bertz CT molecular complexity index is 701. The largest absolute Gasteiger partial charge is 0.454 e. The number of aliphatic hydroxyl groups excluding tert-OH is 1. The second-order valence-electron chi connectivity index (χ2n) is 4.66. The highest BCUT2D eigenvalue weighted by Gasteiger charge is 2.16. The molecule has 1 aliphatic heterocycles.